The average molecular weight is 465 g/mol. The van der Waals surface area contributed by atoms with E-state index in [9.17, 15) is 19.5 Å². The lowest BCUT2D eigenvalue weighted by atomic mass is 10.1. The molecule has 0 spiro atoms. The number of amides is 2. The van der Waals surface area contributed by atoms with Crippen molar-refractivity contribution < 1.29 is 23.9 Å². The summed E-state index contributed by atoms with van der Waals surface area (Å²) in [5.41, 5.74) is 0.377. The summed E-state index contributed by atoms with van der Waals surface area (Å²) in [6.45, 7) is 0. The van der Waals surface area contributed by atoms with E-state index in [4.69, 9.17) is 27.6 Å². The van der Waals surface area contributed by atoms with Crippen LogP contribution >= 0.6 is 35.0 Å². The van der Waals surface area contributed by atoms with Crippen molar-refractivity contribution in [1.82, 2.24) is 0 Å². The van der Waals surface area contributed by atoms with Gasteiger partial charge in [-0.1, -0.05) is 23.2 Å². The van der Waals surface area contributed by atoms with Gasteiger partial charge in [-0.05, 0) is 48.5 Å². The fourth-order valence-electron chi connectivity index (χ4n) is 2.46. The van der Waals surface area contributed by atoms with Crippen LogP contribution in [0.25, 0.3) is 0 Å². The zero-order chi connectivity index (χ0) is 21.7. The van der Waals surface area contributed by atoms with Gasteiger partial charge in [-0.2, -0.15) is 0 Å². The number of anilines is 2. The summed E-state index contributed by atoms with van der Waals surface area (Å²) in [6, 6.07) is 12.7. The van der Waals surface area contributed by atoms with Crippen molar-refractivity contribution in [1.29, 1.82) is 0 Å². The fraction of sp³-hybridized carbons (Fsp3) is 0.0500. The lowest BCUT2D eigenvalue weighted by Crippen LogP contribution is -2.17. The predicted octanol–water partition coefficient (Wildman–Crippen LogP) is 5.27. The normalized spacial score (nSPS) is 10.5. The van der Waals surface area contributed by atoms with E-state index >= 15 is 0 Å². The molecule has 0 bridgehead atoms. The van der Waals surface area contributed by atoms with E-state index in [0.29, 0.717) is 5.69 Å². The Hall–Kier alpha value is -2.94. The van der Waals surface area contributed by atoms with Gasteiger partial charge in [0.15, 0.2) is 5.76 Å². The zero-order valence-corrected chi connectivity index (χ0v) is 17.5. The highest BCUT2D eigenvalue weighted by atomic mass is 35.5. The highest BCUT2D eigenvalue weighted by Gasteiger charge is 2.18. The molecule has 7 nitrogen and oxygen atoms in total. The molecule has 30 heavy (non-hydrogen) atoms. The Labute approximate surface area is 185 Å². The maximum Gasteiger partial charge on any atom is 0.339 e. The van der Waals surface area contributed by atoms with E-state index in [-0.39, 0.29) is 38.7 Å². The lowest BCUT2D eigenvalue weighted by molar-refractivity contribution is -0.113. The molecule has 0 atom stereocenters. The number of carboxylic acids is 1. The molecule has 0 saturated heterocycles. The maximum absolute atomic E-state index is 12.2. The number of benzene rings is 2. The van der Waals surface area contributed by atoms with E-state index in [2.05, 4.69) is 10.6 Å². The Kier molecular flexibility index (Phi) is 7.04. The van der Waals surface area contributed by atoms with Gasteiger partial charge < -0.3 is 20.2 Å². The maximum atomic E-state index is 12.2. The monoisotopic (exact) mass is 464 g/mol. The Morgan fingerprint density at radius 1 is 1.03 bits per heavy atom. The second kappa shape index (κ2) is 9.71. The van der Waals surface area contributed by atoms with E-state index in [1.165, 1.54) is 30.2 Å². The van der Waals surface area contributed by atoms with Gasteiger partial charge in [0.25, 0.3) is 5.91 Å². The molecule has 0 saturated carbocycles. The molecular weight excluding hydrogens is 451 g/mol. The second-order valence-electron chi connectivity index (χ2n) is 5.91. The number of carbonyl (C=O) groups excluding carboxylic acids is 2. The van der Waals surface area contributed by atoms with Crippen molar-refractivity contribution in [3.63, 3.8) is 0 Å². The summed E-state index contributed by atoms with van der Waals surface area (Å²) < 4.78 is 5.03. The van der Waals surface area contributed by atoms with Crippen LogP contribution in [-0.2, 0) is 4.79 Å². The van der Waals surface area contributed by atoms with Crippen LogP contribution in [0, 0.1) is 0 Å². The minimum Gasteiger partial charge on any atom is -0.478 e. The Balaban J connectivity index is 1.58. The third-order valence-corrected chi connectivity index (χ3v) is 5.30. The first-order valence-electron chi connectivity index (χ1n) is 8.43. The molecule has 3 N–H and O–H groups in total. The molecular formula is C20H14Cl2N2O5S. The number of rotatable bonds is 7. The SMILES string of the molecule is O=C(CSc1ccc(NC(=O)c2ccco2)cc1)Nc1cc(Cl)cc(Cl)c1C(=O)O. The van der Waals surface area contributed by atoms with Crippen molar-refractivity contribution in [2.45, 2.75) is 4.90 Å². The number of carboxylic acid groups (broad SMARTS) is 1. The van der Waals surface area contributed by atoms with Gasteiger partial charge in [0.1, 0.15) is 5.56 Å². The topological polar surface area (TPSA) is 109 Å². The largest absolute Gasteiger partial charge is 0.478 e. The van der Waals surface area contributed by atoms with Crippen molar-refractivity contribution in [2.24, 2.45) is 0 Å². The zero-order valence-electron chi connectivity index (χ0n) is 15.1. The van der Waals surface area contributed by atoms with Gasteiger partial charge in [-0.25, -0.2) is 4.79 Å². The number of halogens is 2. The number of nitrogens with one attached hydrogen (secondary N) is 2. The lowest BCUT2D eigenvalue weighted by Gasteiger charge is -2.11. The van der Waals surface area contributed by atoms with Gasteiger partial charge in [-0.3, -0.25) is 9.59 Å². The summed E-state index contributed by atoms with van der Waals surface area (Å²) in [5, 5.41) is 14.6. The number of hydrogen-bond donors (Lipinski definition) is 3. The molecule has 0 aliphatic carbocycles. The minimum atomic E-state index is -1.27. The molecule has 0 aliphatic rings. The standard InChI is InChI=1S/C20H14Cl2N2O5S/c21-11-8-14(22)18(20(27)28)15(9-11)24-17(25)10-30-13-5-3-12(4-6-13)23-19(26)16-2-1-7-29-16/h1-9H,10H2,(H,23,26)(H,24,25)(H,27,28). The first-order chi connectivity index (χ1) is 14.3. The van der Waals surface area contributed by atoms with Gasteiger partial charge in [-0.15, -0.1) is 11.8 Å². The summed E-state index contributed by atoms with van der Waals surface area (Å²) >= 11 is 13.0. The van der Waals surface area contributed by atoms with E-state index < -0.39 is 11.9 Å². The van der Waals surface area contributed by atoms with Crippen LogP contribution < -0.4 is 10.6 Å². The van der Waals surface area contributed by atoms with Gasteiger partial charge in [0, 0.05) is 15.6 Å². The summed E-state index contributed by atoms with van der Waals surface area (Å²) in [5.74, 6) is -1.83. The van der Waals surface area contributed by atoms with Crippen molar-refractivity contribution in [2.75, 3.05) is 16.4 Å². The predicted molar refractivity (Wildman–Crippen MR) is 116 cm³/mol. The molecule has 3 aromatic rings. The third-order valence-electron chi connectivity index (χ3n) is 3.77. The molecule has 154 valence electrons. The molecule has 0 fully saturated rings. The summed E-state index contributed by atoms with van der Waals surface area (Å²) in [7, 11) is 0. The molecule has 0 aliphatic heterocycles. The number of thioether (sulfide) groups is 1. The van der Waals surface area contributed by atoms with Crippen LogP contribution in [0.15, 0.2) is 64.1 Å². The van der Waals surface area contributed by atoms with Crippen molar-refractivity contribution in [3.8, 4) is 0 Å². The van der Waals surface area contributed by atoms with Crippen LogP contribution in [0.5, 0.6) is 0 Å². The Bertz CT molecular complexity index is 1090. The van der Waals surface area contributed by atoms with Gasteiger partial charge in [0.05, 0.1) is 22.7 Å². The molecule has 3 rings (SSSR count). The van der Waals surface area contributed by atoms with E-state index in [0.717, 1.165) is 4.90 Å². The van der Waals surface area contributed by atoms with Crippen LogP contribution in [0.4, 0.5) is 11.4 Å². The molecule has 1 aromatic heterocycles. The minimum absolute atomic E-state index is 0.0291. The quantitative estimate of drug-likeness (QED) is 0.411. The van der Waals surface area contributed by atoms with Crippen LogP contribution in [-0.4, -0.2) is 28.6 Å². The third kappa shape index (κ3) is 5.56. The van der Waals surface area contributed by atoms with Crippen molar-refractivity contribution >= 4 is 64.1 Å². The molecule has 1 heterocycles. The Morgan fingerprint density at radius 2 is 1.77 bits per heavy atom. The van der Waals surface area contributed by atoms with Crippen LogP contribution in [0.2, 0.25) is 10.0 Å². The van der Waals surface area contributed by atoms with Crippen molar-refractivity contribution in [3.05, 3.63) is 76.2 Å². The first-order valence-corrected chi connectivity index (χ1v) is 10.2. The molecule has 2 aromatic carbocycles. The summed E-state index contributed by atoms with van der Waals surface area (Å²) in [6.07, 6.45) is 1.41. The molecule has 0 radical (unpaired) electrons. The number of carbonyl (C=O) groups is 3. The molecule has 0 unspecified atom stereocenters. The van der Waals surface area contributed by atoms with Crippen LogP contribution in [0.1, 0.15) is 20.9 Å². The first kappa shape index (κ1) is 21.8. The average Bonchev–Trinajstić information content (AvgIpc) is 3.21. The molecule has 2 amide bonds. The fourth-order valence-corrected chi connectivity index (χ4v) is 3.73. The van der Waals surface area contributed by atoms with E-state index in [1.54, 1.807) is 36.4 Å². The van der Waals surface area contributed by atoms with E-state index in [1.807, 2.05) is 0 Å². The number of hydrogen-bond acceptors (Lipinski definition) is 5. The number of aromatic carboxylic acids is 1. The smallest absolute Gasteiger partial charge is 0.339 e. The highest BCUT2D eigenvalue weighted by molar-refractivity contribution is 8.00. The summed E-state index contributed by atoms with van der Waals surface area (Å²) in [4.78, 5) is 36.4. The van der Waals surface area contributed by atoms with Gasteiger partial charge in [0.2, 0.25) is 5.91 Å². The van der Waals surface area contributed by atoms with Crippen LogP contribution in [0.3, 0.4) is 0 Å². The number of furan rings is 1. The molecule has 10 heteroatoms. The second-order valence-corrected chi connectivity index (χ2v) is 7.80. The Morgan fingerprint density at radius 3 is 2.40 bits per heavy atom. The highest BCUT2D eigenvalue weighted by Crippen LogP contribution is 2.30. The van der Waals surface area contributed by atoms with Gasteiger partial charge >= 0.3 is 5.97 Å².